The zero-order chi connectivity index (χ0) is 22.5. The molecule has 0 aliphatic rings. The third kappa shape index (κ3) is 6.04. The van der Waals surface area contributed by atoms with Crippen LogP contribution < -0.4 is 5.32 Å². The molecule has 0 fully saturated rings. The average Bonchev–Trinajstić information content (AvgIpc) is 2.70. The highest BCUT2D eigenvalue weighted by molar-refractivity contribution is 7.91. The highest BCUT2D eigenvalue weighted by Gasteiger charge is 2.31. The van der Waals surface area contributed by atoms with Gasteiger partial charge in [0, 0.05) is 0 Å². The molecule has 0 aliphatic carbocycles. The second-order valence-corrected chi connectivity index (χ2v) is 8.45. The number of hydrogen-bond acceptors (Lipinski definition) is 5. The number of carboxylic acids is 1. The van der Waals surface area contributed by atoms with Gasteiger partial charge in [-0.3, -0.25) is 4.79 Å². The molecule has 11 heteroatoms. The van der Waals surface area contributed by atoms with Crippen LogP contribution in [0.25, 0.3) is 0 Å². The van der Waals surface area contributed by atoms with E-state index in [0.717, 1.165) is 12.1 Å². The first-order valence-corrected chi connectivity index (χ1v) is 10.2. The lowest BCUT2D eigenvalue weighted by atomic mass is 10.1. The molecule has 0 aliphatic heterocycles. The van der Waals surface area contributed by atoms with Gasteiger partial charge in [-0.1, -0.05) is 30.3 Å². The highest BCUT2D eigenvalue weighted by Crippen LogP contribution is 2.30. The van der Waals surface area contributed by atoms with Gasteiger partial charge in [-0.25, -0.2) is 13.2 Å². The summed E-state index contributed by atoms with van der Waals surface area (Å²) in [5, 5.41) is 21.3. The maximum atomic E-state index is 12.6. The van der Waals surface area contributed by atoms with E-state index in [2.05, 4.69) is 0 Å². The molecular weight excluding hydrogens is 427 g/mol. The largest absolute Gasteiger partial charge is 0.480 e. The Morgan fingerprint density at radius 3 is 2.07 bits per heavy atom. The zero-order valence-corrected chi connectivity index (χ0v) is 16.2. The van der Waals surface area contributed by atoms with Gasteiger partial charge >= 0.3 is 12.1 Å². The predicted octanol–water partition coefficient (Wildman–Crippen LogP) is 2.17. The molecule has 3 N–H and O–H groups in total. The molecule has 2 rings (SSSR count). The average molecular weight is 445 g/mol. The number of carbonyl (C=O) groups is 2. The first-order valence-electron chi connectivity index (χ1n) is 8.58. The number of carboxylic acid groups (broad SMARTS) is 1. The Kier molecular flexibility index (Phi) is 7.21. The van der Waals surface area contributed by atoms with E-state index in [-0.39, 0.29) is 10.5 Å². The van der Waals surface area contributed by atoms with Crippen molar-refractivity contribution in [2.75, 3.05) is 5.75 Å². The molecule has 162 valence electrons. The Morgan fingerprint density at radius 1 is 1.00 bits per heavy atom. The molecule has 2 aromatic carbocycles. The summed E-state index contributed by atoms with van der Waals surface area (Å²) in [6.07, 6.45) is -7.00. The van der Waals surface area contributed by atoms with Crippen molar-refractivity contribution in [3.8, 4) is 0 Å². The van der Waals surface area contributed by atoms with E-state index in [4.69, 9.17) is 0 Å². The van der Waals surface area contributed by atoms with Crippen molar-refractivity contribution < 1.29 is 41.4 Å². The smallest absolute Gasteiger partial charge is 0.416 e. The van der Waals surface area contributed by atoms with Crippen LogP contribution in [0.2, 0.25) is 0 Å². The first-order chi connectivity index (χ1) is 13.9. The van der Waals surface area contributed by atoms with Gasteiger partial charge in [-0.05, 0) is 36.2 Å². The zero-order valence-electron chi connectivity index (χ0n) is 15.3. The Morgan fingerprint density at radius 2 is 1.57 bits per heavy atom. The summed E-state index contributed by atoms with van der Waals surface area (Å²) in [5.74, 6) is -3.28. The van der Waals surface area contributed by atoms with E-state index >= 15 is 0 Å². The normalized spacial score (nSPS) is 14.0. The number of alkyl halides is 3. The molecule has 0 radical (unpaired) electrons. The predicted molar refractivity (Wildman–Crippen MR) is 99.1 cm³/mol. The van der Waals surface area contributed by atoms with Crippen LogP contribution >= 0.6 is 0 Å². The number of benzene rings is 2. The van der Waals surface area contributed by atoms with Crippen molar-refractivity contribution in [1.29, 1.82) is 0 Å². The van der Waals surface area contributed by atoms with Crippen LogP contribution in [-0.4, -0.2) is 42.3 Å². The quantitative estimate of drug-likeness (QED) is 0.573. The number of amides is 1. The molecule has 0 aromatic heterocycles. The lowest BCUT2D eigenvalue weighted by molar-refractivity contribution is -0.143. The van der Waals surface area contributed by atoms with Crippen LogP contribution in [0.4, 0.5) is 13.2 Å². The Hall–Kier alpha value is -2.92. The first kappa shape index (κ1) is 23.4. The lowest BCUT2D eigenvalue weighted by Crippen LogP contribution is -2.44. The summed E-state index contributed by atoms with van der Waals surface area (Å²) in [6.45, 7) is 0. The van der Waals surface area contributed by atoms with Crippen LogP contribution in [0, 0.1) is 0 Å². The van der Waals surface area contributed by atoms with Crippen LogP contribution in [0.3, 0.4) is 0 Å². The summed E-state index contributed by atoms with van der Waals surface area (Å²) < 4.78 is 62.3. The van der Waals surface area contributed by atoms with Gasteiger partial charge in [0.25, 0.3) is 5.91 Å². The fourth-order valence-corrected chi connectivity index (χ4v) is 3.89. The van der Waals surface area contributed by atoms with Gasteiger partial charge in [-0.2, -0.15) is 13.2 Å². The fraction of sp³-hybridized carbons (Fsp3) is 0.263. The second kappa shape index (κ2) is 9.26. The number of sulfone groups is 1. The van der Waals surface area contributed by atoms with Crippen LogP contribution in [0.15, 0.2) is 59.5 Å². The molecule has 0 saturated carbocycles. The van der Waals surface area contributed by atoms with Gasteiger partial charge in [0.2, 0.25) is 0 Å². The third-order valence-electron chi connectivity index (χ3n) is 4.19. The van der Waals surface area contributed by atoms with E-state index in [1.165, 1.54) is 24.3 Å². The molecule has 0 unspecified atom stereocenters. The van der Waals surface area contributed by atoms with Crippen molar-refractivity contribution in [2.24, 2.45) is 0 Å². The van der Waals surface area contributed by atoms with E-state index in [9.17, 15) is 41.4 Å². The van der Waals surface area contributed by atoms with Gasteiger partial charge in [-0.15, -0.1) is 0 Å². The second-order valence-electron chi connectivity index (χ2n) is 6.34. The Balaban J connectivity index is 2.05. The Bertz CT molecular complexity index is 991. The van der Waals surface area contributed by atoms with Crippen molar-refractivity contribution in [2.45, 2.75) is 29.6 Å². The molecular formula is C19H18F3NO6S. The molecule has 2 aromatic rings. The lowest BCUT2D eigenvalue weighted by Gasteiger charge is -2.18. The van der Waals surface area contributed by atoms with E-state index in [0.29, 0.717) is 12.1 Å². The standard InChI is InChI=1S/C19H18F3NO6S/c20-19(21,22)13-8-6-12(7-9-13)16(24)17(25)23-15(18(26)27)10-11-30(28,29)14-4-2-1-3-5-14/h1-9,15-16,24H,10-11H2,(H,23,25)(H,26,27)/t15-,16+/m0/s1. The minimum Gasteiger partial charge on any atom is -0.480 e. The van der Waals surface area contributed by atoms with E-state index in [1.54, 1.807) is 6.07 Å². The fourth-order valence-electron chi connectivity index (χ4n) is 2.53. The number of hydrogen-bond donors (Lipinski definition) is 3. The Labute approximate surface area is 170 Å². The van der Waals surface area contributed by atoms with Crippen molar-refractivity contribution in [3.63, 3.8) is 0 Å². The summed E-state index contributed by atoms with van der Waals surface area (Å²) in [4.78, 5) is 23.5. The summed E-state index contributed by atoms with van der Waals surface area (Å²) in [5.41, 5.74) is -1.16. The van der Waals surface area contributed by atoms with Crippen LogP contribution in [0.1, 0.15) is 23.7 Å². The topological polar surface area (TPSA) is 121 Å². The summed E-state index contributed by atoms with van der Waals surface area (Å²) >= 11 is 0. The molecule has 0 spiro atoms. The molecule has 0 heterocycles. The number of carbonyl (C=O) groups excluding carboxylic acids is 1. The van der Waals surface area contributed by atoms with E-state index < -0.39 is 57.8 Å². The van der Waals surface area contributed by atoms with Gasteiger partial charge in [0.05, 0.1) is 16.2 Å². The summed E-state index contributed by atoms with van der Waals surface area (Å²) in [6, 6.07) is 8.82. The number of aliphatic hydroxyl groups is 1. The molecule has 0 saturated heterocycles. The number of rotatable bonds is 8. The van der Waals surface area contributed by atoms with Crippen LogP contribution in [0.5, 0.6) is 0 Å². The molecule has 1 amide bonds. The third-order valence-corrected chi connectivity index (χ3v) is 5.96. The summed E-state index contributed by atoms with van der Waals surface area (Å²) in [7, 11) is -3.80. The van der Waals surface area contributed by atoms with Gasteiger partial charge < -0.3 is 15.5 Å². The number of aliphatic hydroxyl groups excluding tert-OH is 1. The highest BCUT2D eigenvalue weighted by atomic mass is 32.2. The number of aliphatic carboxylic acids is 1. The van der Waals surface area contributed by atoms with Gasteiger partial charge in [0.1, 0.15) is 6.04 Å². The molecule has 30 heavy (non-hydrogen) atoms. The molecule has 2 atom stereocenters. The number of halogens is 3. The number of nitrogens with one attached hydrogen (secondary N) is 1. The molecule has 0 bridgehead atoms. The van der Waals surface area contributed by atoms with Crippen molar-refractivity contribution in [3.05, 3.63) is 65.7 Å². The SMILES string of the molecule is O=C(O)[C@H](CCS(=O)(=O)c1ccccc1)NC(=O)[C@H](O)c1ccc(C(F)(F)F)cc1. The minimum atomic E-state index is -4.59. The molecule has 7 nitrogen and oxygen atoms in total. The van der Waals surface area contributed by atoms with Gasteiger partial charge in [0.15, 0.2) is 15.9 Å². The van der Waals surface area contributed by atoms with Crippen LogP contribution in [-0.2, 0) is 25.6 Å². The monoisotopic (exact) mass is 445 g/mol. The minimum absolute atomic E-state index is 0.00902. The van der Waals surface area contributed by atoms with Crippen molar-refractivity contribution in [1.82, 2.24) is 5.32 Å². The maximum absolute atomic E-state index is 12.6. The van der Waals surface area contributed by atoms with Crippen molar-refractivity contribution >= 4 is 21.7 Å². The van der Waals surface area contributed by atoms with E-state index in [1.807, 2.05) is 5.32 Å². The maximum Gasteiger partial charge on any atom is 0.416 e.